The maximum absolute atomic E-state index is 11.8. The summed E-state index contributed by atoms with van der Waals surface area (Å²) in [6, 6.07) is 7.69. The molecule has 0 spiro atoms. The Morgan fingerprint density at radius 2 is 2.16 bits per heavy atom. The molecule has 1 aromatic heterocycles. The Bertz CT molecular complexity index is 623. The SMILES string of the molecule is Nc1cc2c(c(-c3cccnc3)c1)NC(=O)CCC2. The molecule has 2 heterocycles. The lowest BCUT2D eigenvalue weighted by Gasteiger charge is -2.14. The molecule has 96 valence electrons. The molecule has 4 heteroatoms. The van der Waals surface area contributed by atoms with Crippen molar-refractivity contribution < 1.29 is 4.79 Å². The fraction of sp³-hybridized carbons (Fsp3) is 0.200. The smallest absolute Gasteiger partial charge is 0.224 e. The molecule has 19 heavy (non-hydrogen) atoms. The van der Waals surface area contributed by atoms with Crippen LogP contribution in [0.4, 0.5) is 11.4 Å². The zero-order chi connectivity index (χ0) is 13.2. The third kappa shape index (κ3) is 2.29. The Morgan fingerprint density at radius 3 is 2.95 bits per heavy atom. The summed E-state index contributed by atoms with van der Waals surface area (Å²) in [5, 5.41) is 2.99. The number of nitrogens with zero attached hydrogens (tertiary/aromatic N) is 1. The second kappa shape index (κ2) is 4.72. The minimum absolute atomic E-state index is 0.0636. The second-order valence-electron chi connectivity index (χ2n) is 4.75. The zero-order valence-electron chi connectivity index (χ0n) is 10.5. The van der Waals surface area contributed by atoms with Crippen LogP contribution in [0.5, 0.6) is 0 Å². The monoisotopic (exact) mass is 253 g/mol. The van der Waals surface area contributed by atoms with Gasteiger partial charge < -0.3 is 11.1 Å². The van der Waals surface area contributed by atoms with Gasteiger partial charge in [-0.2, -0.15) is 0 Å². The first-order valence-corrected chi connectivity index (χ1v) is 6.37. The van der Waals surface area contributed by atoms with E-state index in [1.165, 1.54) is 0 Å². The number of nitrogens with one attached hydrogen (secondary N) is 1. The molecule has 0 saturated heterocycles. The first-order valence-electron chi connectivity index (χ1n) is 6.37. The molecule has 0 bridgehead atoms. The Hall–Kier alpha value is -2.36. The Labute approximate surface area is 111 Å². The molecule has 4 nitrogen and oxygen atoms in total. The van der Waals surface area contributed by atoms with Crippen LogP contribution in [0.15, 0.2) is 36.7 Å². The maximum atomic E-state index is 11.8. The van der Waals surface area contributed by atoms with Gasteiger partial charge in [0.05, 0.1) is 5.69 Å². The third-order valence-electron chi connectivity index (χ3n) is 3.33. The van der Waals surface area contributed by atoms with Crippen molar-refractivity contribution in [1.29, 1.82) is 0 Å². The highest BCUT2D eigenvalue weighted by molar-refractivity contribution is 5.98. The van der Waals surface area contributed by atoms with Gasteiger partial charge in [0.25, 0.3) is 0 Å². The van der Waals surface area contributed by atoms with Gasteiger partial charge >= 0.3 is 0 Å². The number of pyridine rings is 1. The van der Waals surface area contributed by atoms with Gasteiger partial charge in [0, 0.05) is 35.6 Å². The predicted molar refractivity (Wildman–Crippen MR) is 75.7 cm³/mol. The molecule has 0 unspecified atom stereocenters. The van der Waals surface area contributed by atoms with E-state index < -0.39 is 0 Å². The first-order chi connectivity index (χ1) is 9.24. The van der Waals surface area contributed by atoms with Gasteiger partial charge in [-0.25, -0.2) is 0 Å². The zero-order valence-corrected chi connectivity index (χ0v) is 10.5. The first kappa shape index (κ1) is 11.7. The van der Waals surface area contributed by atoms with Gasteiger partial charge in [0.2, 0.25) is 5.91 Å². The Balaban J connectivity index is 2.19. The van der Waals surface area contributed by atoms with Crippen LogP contribution in [0.25, 0.3) is 11.1 Å². The number of nitrogens with two attached hydrogens (primary N) is 1. The fourth-order valence-electron chi connectivity index (χ4n) is 2.46. The highest BCUT2D eigenvalue weighted by atomic mass is 16.1. The van der Waals surface area contributed by atoms with Crippen molar-refractivity contribution in [3.63, 3.8) is 0 Å². The molecule has 1 aromatic carbocycles. The van der Waals surface area contributed by atoms with E-state index >= 15 is 0 Å². The van der Waals surface area contributed by atoms with Crippen LogP contribution in [0.3, 0.4) is 0 Å². The molecule has 1 aliphatic rings. The Kier molecular flexibility index (Phi) is 2.91. The van der Waals surface area contributed by atoms with Crippen LogP contribution in [0, 0.1) is 0 Å². The summed E-state index contributed by atoms with van der Waals surface area (Å²) in [5.41, 5.74) is 10.6. The molecule has 0 saturated carbocycles. The quantitative estimate of drug-likeness (QED) is 0.767. The molecule has 1 aliphatic heterocycles. The summed E-state index contributed by atoms with van der Waals surface area (Å²) >= 11 is 0. The molecular weight excluding hydrogens is 238 g/mol. The number of fused-ring (bicyclic) bond motifs is 1. The summed E-state index contributed by atoms with van der Waals surface area (Å²) in [6.07, 6.45) is 5.79. The van der Waals surface area contributed by atoms with Gasteiger partial charge in [0.1, 0.15) is 0 Å². The highest BCUT2D eigenvalue weighted by Crippen LogP contribution is 2.35. The maximum Gasteiger partial charge on any atom is 0.224 e. The van der Waals surface area contributed by atoms with E-state index in [-0.39, 0.29) is 5.91 Å². The minimum Gasteiger partial charge on any atom is -0.399 e. The number of aryl methyl sites for hydroxylation is 1. The number of hydrogen-bond acceptors (Lipinski definition) is 3. The van der Waals surface area contributed by atoms with Crippen molar-refractivity contribution in [2.45, 2.75) is 19.3 Å². The average molecular weight is 253 g/mol. The van der Waals surface area contributed by atoms with E-state index in [1.807, 2.05) is 24.3 Å². The van der Waals surface area contributed by atoms with Crippen molar-refractivity contribution in [1.82, 2.24) is 4.98 Å². The highest BCUT2D eigenvalue weighted by Gasteiger charge is 2.17. The van der Waals surface area contributed by atoms with Crippen molar-refractivity contribution in [2.24, 2.45) is 0 Å². The van der Waals surface area contributed by atoms with Crippen LogP contribution in [-0.2, 0) is 11.2 Å². The molecule has 0 fully saturated rings. The number of carbonyl (C=O) groups excluding carboxylic acids is 1. The molecule has 3 rings (SSSR count). The molecule has 0 atom stereocenters. The lowest BCUT2D eigenvalue weighted by atomic mass is 9.98. The molecule has 0 radical (unpaired) electrons. The number of hydrogen-bond donors (Lipinski definition) is 2. The molecule has 2 aromatic rings. The summed E-state index contributed by atoms with van der Waals surface area (Å²) in [6.45, 7) is 0. The normalized spacial score (nSPS) is 14.4. The van der Waals surface area contributed by atoms with Crippen molar-refractivity contribution in [3.8, 4) is 11.1 Å². The topological polar surface area (TPSA) is 68.0 Å². The van der Waals surface area contributed by atoms with Crippen LogP contribution >= 0.6 is 0 Å². The second-order valence-corrected chi connectivity index (χ2v) is 4.75. The molecule has 0 aliphatic carbocycles. The van der Waals surface area contributed by atoms with E-state index in [9.17, 15) is 4.79 Å². The van der Waals surface area contributed by atoms with Crippen molar-refractivity contribution in [3.05, 3.63) is 42.2 Å². The molecule has 3 N–H and O–H groups in total. The van der Waals surface area contributed by atoms with E-state index in [0.29, 0.717) is 12.1 Å². The number of carbonyl (C=O) groups is 1. The van der Waals surface area contributed by atoms with E-state index in [2.05, 4.69) is 10.3 Å². The van der Waals surface area contributed by atoms with E-state index in [4.69, 9.17) is 5.73 Å². The summed E-state index contributed by atoms with van der Waals surface area (Å²) < 4.78 is 0. The largest absolute Gasteiger partial charge is 0.399 e. The standard InChI is InChI=1S/C15H15N3O/c16-12-7-10-3-1-5-14(19)18-15(10)13(8-12)11-4-2-6-17-9-11/h2,4,6-9H,1,3,5,16H2,(H,18,19). The summed E-state index contributed by atoms with van der Waals surface area (Å²) in [5.74, 6) is 0.0636. The third-order valence-corrected chi connectivity index (χ3v) is 3.33. The number of anilines is 2. The van der Waals surface area contributed by atoms with Crippen LogP contribution < -0.4 is 11.1 Å². The van der Waals surface area contributed by atoms with Gasteiger partial charge in [-0.1, -0.05) is 6.07 Å². The molecular formula is C15H15N3O. The summed E-state index contributed by atoms with van der Waals surface area (Å²) in [4.78, 5) is 15.9. The fourth-order valence-corrected chi connectivity index (χ4v) is 2.46. The summed E-state index contributed by atoms with van der Waals surface area (Å²) in [7, 11) is 0. The van der Waals surface area contributed by atoms with Crippen LogP contribution in [-0.4, -0.2) is 10.9 Å². The lowest BCUT2D eigenvalue weighted by molar-refractivity contribution is -0.116. The van der Waals surface area contributed by atoms with Gasteiger partial charge in [-0.05, 0) is 36.6 Å². The number of amides is 1. The van der Waals surface area contributed by atoms with Crippen molar-refractivity contribution in [2.75, 3.05) is 11.1 Å². The van der Waals surface area contributed by atoms with Gasteiger partial charge in [-0.3, -0.25) is 9.78 Å². The van der Waals surface area contributed by atoms with Crippen LogP contribution in [0.1, 0.15) is 18.4 Å². The molecule has 1 amide bonds. The Morgan fingerprint density at radius 1 is 1.26 bits per heavy atom. The van der Waals surface area contributed by atoms with Gasteiger partial charge in [0.15, 0.2) is 0 Å². The number of aromatic nitrogens is 1. The number of nitrogen functional groups attached to an aromatic ring is 1. The minimum atomic E-state index is 0.0636. The average Bonchev–Trinajstić information content (AvgIpc) is 2.60. The van der Waals surface area contributed by atoms with Crippen LogP contribution in [0.2, 0.25) is 0 Å². The number of rotatable bonds is 1. The lowest BCUT2D eigenvalue weighted by Crippen LogP contribution is -2.10. The predicted octanol–water partition coefficient (Wildman–Crippen LogP) is 2.61. The van der Waals surface area contributed by atoms with Gasteiger partial charge in [-0.15, -0.1) is 0 Å². The number of benzene rings is 1. The van der Waals surface area contributed by atoms with Crippen molar-refractivity contribution >= 4 is 17.3 Å². The van der Waals surface area contributed by atoms with E-state index in [1.54, 1.807) is 12.4 Å². The van der Waals surface area contributed by atoms with E-state index in [0.717, 1.165) is 35.2 Å².